The van der Waals surface area contributed by atoms with Crippen molar-refractivity contribution in [3.8, 4) is 11.4 Å². The summed E-state index contributed by atoms with van der Waals surface area (Å²) in [5.74, 6) is -0.978. The van der Waals surface area contributed by atoms with Gasteiger partial charge in [-0.1, -0.05) is 20.8 Å². The summed E-state index contributed by atoms with van der Waals surface area (Å²) in [5, 5.41) is 4.01. The first-order valence-electron chi connectivity index (χ1n) is 10.2. The van der Waals surface area contributed by atoms with Crippen LogP contribution in [0.3, 0.4) is 0 Å². The lowest BCUT2D eigenvalue weighted by atomic mass is 9.79. The second-order valence-corrected chi connectivity index (χ2v) is 8.13. The summed E-state index contributed by atoms with van der Waals surface area (Å²) in [5.41, 5.74) is 0.413. The van der Waals surface area contributed by atoms with Crippen LogP contribution in [0.5, 0.6) is 0 Å². The molecule has 0 saturated heterocycles. The van der Waals surface area contributed by atoms with E-state index < -0.39 is 30.0 Å². The highest BCUT2D eigenvalue weighted by molar-refractivity contribution is 5.93. The summed E-state index contributed by atoms with van der Waals surface area (Å²) in [6, 6.07) is 5.36. The van der Waals surface area contributed by atoms with Gasteiger partial charge in [-0.2, -0.15) is 13.2 Å². The molecule has 0 fully saturated rings. The quantitative estimate of drug-likeness (QED) is 0.497. The van der Waals surface area contributed by atoms with Gasteiger partial charge >= 0.3 is 6.18 Å². The topological polar surface area (TPSA) is 83.6 Å². The Labute approximate surface area is 178 Å². The number of H-pyrrole nitrogens is 1. The minimum Gasteiger partial charge on any atom is -0.358 e. The van der Waals surface area contributed by atoms with Gasteiger partial charge in [-0.25, -0.2) is 15.0 Å². The normalized spacial score (nSPS) is 16.0. The maximum atomic E-state index is 13.1. The highest BCUT2D eigenvalue weighted by atomic mass is 19.4. The number of hydrogen-bond acceptors (Lipinski definition) is 5. The molecule has 0 aliphatic heterocycles. The highest BCUT2D eigenvalue weighted by Crippen LogP contribution is 2.33. The van der Waals surface area contributed by atoms with Crippen LogP contribution in [0.4, 0.5) is 19.0 Å². The minimum atomic E-state index is -4.31. The average molecular weight is 433 g/mol. The van der Waals surface area contributed by atoms with E-state index in [2.05, 4.69) is 25.3 Å². The molecule has 0 amide bonds. The molecule has 0 spiro atoms. The maximum Gasteiger partial charge on any atom is 0.389 e. The third-order valence-electron chi connectivity index (χ3n) is 5.82. The molecule has 3 rings (SSSR count). The number of hydrogen-bond donors (Lipinski definition) is 2. The number of fused-ring (bicyclic) bond motifs is 1. The van der Waals surface area contributed by atoms with E-state index >= 15 is 0 Å². The molecule has 31 heavy (non-hydrogen) atoms. The summed E-state index contributed by atoms with van der Waals surface area (Å²) in [6.45, 7) is 6.53. The first kappa shape index (κ1) is 22.7. The van der Waals surface area contributed by atoms with E-state index in [1.807, 2.05) is 19.1 Å². The molecule has 3 aromatic rings. The SMILES string of the molecule is CCC(C)(Nc1ccnc(-c2c[nH]c3ncccc23)n1)C(=O)C(C)C(C)CC(F)(F)F. The van der Waals surface area contributed by atoms with Gasteiger partial charge in [0.2, 0.25) is 0 Å². The summed E-state index contributed by atoms with van der Waals surface area (Å²) >= 11 is 0. The predicted octanol–water partition coefficient (Wildman–Crippen LogP) is 5.39. The lowest BCUT2D eigenvalue weighted by Crippen LogP contribution is -2.47. The van der Waals surface area contributed by atoms with Crippen LogP contribution in [0.25, 0.3) is 22.4 Å². The van der Waals surface area contributed by atoms with E-state index in [-0.39, 0.29) is 5.78 Å². The summed E-state index contributed by atoms with van der Waals surface area (Å²) in [6.07, 6.45) is 0.121. The van der Waals surface area contributed by atoms with E-state index in [9.17, 15) is 18.0 Å². The molecule has 3 atom stereocenters. The van der Waals surface area contributed by atoms with E-state index in [0.717, 1.165) is 10.9 Å². The van der Waals surface area contributed by atoms with E-state index in [0.29, 0.717) is 23.7 Å². The molecule has 2 N–H and O–H groups in total. The fraction of sp³-hybridized carbons (Fsp3) is 0.455. The number of alkyl halides is 3. The van der Waals surface area contributed by atoms with Gasteiger partial charge < -0.3 is 10.3 Å². The number of carbonyl (C=O) groups excluding carboxylic acids is 1. The third-order valence-corrected chi connectivity index (χ3v) is 5.82. The smallest absolute Gasteiger partial charge is 0.358 e. The number of aromatic nitrogens is 4. The van der Waals surface area contributed by atoms with Gasteiger partial charge in [-0.15, -0.1) is 0 Å². The summed E-state index contributed by atoms with van der Waals surface area (Å²) in [4.78, 5) is 29.3. The number of Topliss-reactive ketones (excluding diaryl/α,β-unsaturated/α-hetero) is 1. The number of rotatable bonds is 8. The Kier molecular flexibility index (Phi) is 6.33. The fourth-order valence-electron chi connectivity index (χ4n) is 3.61. The van der Waals surface area contributed by atoms with Crippen molar-refractivity contribution in [1.82, 2.24) is 19.9 Å². The summed E-state index contributed by atoms with van der Waals surface area (Å²) < 4.78 is 38.4. The van der Waals surface area contributed by atoms with Crippen LogP contribution >= 0.6 is 0 Å². The first-order chi connectivity index (χ1) is 14.5. The van der Waals surface area contributed by atoms with Crippen LogP contribution in [0.2, 0.25) is 0 Å². The van der Waals surface area contributed by atoms with Gasteiger partial charge in [0.05, 0.1) is 5.54 Å². The molecule has 9 heteroatoms. The number of ketones is 1. The van der Waals surface area contributed by atoms with Crippen LogP contribution in [-0.4, -0.2) is 37.4 Å². The van der Waals surface area contributed by atoms with Gasteiger partial charge in [-0.05, 0) is 37.5 Å². The Hall–Kier alpha value is -2.97. The number of carbonyl (C=O) groups is 1. The predicted molar refractivity (Wildman–Crippen MR) is 113 cm³/mol. The Morgan fingerprint density at radius 2 is 1.94 bits per heavy atom. The van der Waals surface area contributed by atoms with E-state index in [1.54, 1.807) is 38.5 Å². The molecule has 0 saturated carbocycles. The Balaban J connectivity index is 1.84. The zero-order valence-electron chi connectivity index (χ0n) is 17.9. The van der Waals surface area contributed by atoms with Crippen molar-refractivity contribution in [1.29, 1.82) is 0 Å². The Morgan fingerprint density at radius 3 is 2.61 bits per heavy atom. The van der Waals surface area contributed by atoms with Crippen LogP contribution in [0, 0.1) is 11.8 Å². The lowest BCUT2D eigenvalue weighted by molar-refractivity contribution is -0.150. The van der Waals surface area contributed by atoms with Crippen LogP contribution in [0.1, 0.15) is 40.5 Å². The molecule has 0 radical (unpaired) electrons. The minimum absolute atomic E-state index is 0.275. The molecule has 3 unspecified atom stereocenters. The number of halogens is 3. The van der Waals surface area contributed by atoms with Gasteiger partial charge in [-0.3, -0.25) is 4.79 Å². The monoisotopic (exact) mass is 433 g/mol. The van der Waals surface area contributed by atoms with Crippen molar-refractivity contribution in [2.75, 3.05) is 5.32 Å². The number of pyridine rings is 1. The van der Waals surface area contributed by atoms with Crippen molar-refractivity contribution >= 4 is 22.6 Å². The number of nitrogens with zero attached hydrogens (tertiary/aromatic N) is 3. The molecule has 3 aromatic heterocycles. The van der Waals surface area contributed by atoms with Crippen molar-refractivity contribution < 1.29 is 18.0 Å². The van der Waals surface area contributed by atoms with E-state index in [4.69, 9.17) is 0 Å². The van der Waals surface area contributed by atoms with E-state index in [1.165, 1.54) is 6.92 Å². The van der Waals surface area contributed by atoms with Crippen LogP contribution < -0.4 is 5.32 Å². The molecule has 166 valence electrons. The average Bonchev–Trinajstić information content (AvgIpc) is 3.15. The van der Waals surface area contributed by atoms with Gasteiger partial charge in [0.25, 0.3) is 0 Å². The summed E-state index contributed by atoms with van der Waals surface area (Å²) in [7, 11) is 0. The van der Waals surface area contributed by atoms with Gasteiger partial charge in [0, 0.05) is 41.9 Å². The standard InChI is InChI=1S/C22H26F3N5O/c1-5-21(4,18(31)14(3)13(2)11-22(23,24)25)30-17-8-10-27-20(29-17)16-12-28-19-15(16)7-6-9-26-19/h6-10,12-14H,5,11H2,1-4H3,(H,26,28)(H,27,29,30). The molecule has 0 aromatic carbocycles. The molecule has 0 aliphatic carbocycles. The zero-order chi connectivity index (χ0) is 22.8. The van der Waals surface area contributed by atoms with Gasteiger partial charge in [0.15, 0.2) is 11.6 Å². The number of nitrogens with one attached hydrogen (secondary N) is 2. The van der Waals surface area contributed by atoms with Crippen molar-refractivity contribution in [2.45, 2.75) is 52.3 Å². The third kappa shape index (κ3) is 5.03. The Bertz CT molecular complexity index is 1060. The number of anilines is 1. The lowest BCUT2D eigenvalue weighted by Gasteiger charge is -2.33. The second kappa shape index (κ2) is 8.64. The van der Waals surface area contributed by atoms with Crippen molar-refractivity contribution in [2.24, 2.45) is 11.8 Å². The molecule has 0 bridgehead atoms. The molecule has 6 nitrogen and oxygen atoms in total. The van der Waals surface area contributed by atoms with Crippen molar-refractivity contribution in [3.63, 3.8) is 0 Å². The Morgan fingerprint density at radius 1 is 1.19 bits per heavy atom. The molecule has 0 aliphatic rings. The second-order valence-electron chi connectivity index (χ2n) is 8.13. The van der Waals surface area contributed by atoms with Crippen LogP contribution in [0.15, 0.2) is 36.8 Å². The zero-order valence-corrected chi connectivity index (χ0v) is 17.9. The molecular weight excluding hydrogens is 407 g/mol. The largest absolute Gasteiger partial charge is 0.389 e. The molecule has 3 heterocycles. The first-order valence-corrected chi connectivity index (χ1v) is 10.2. The maximum absolute atomic E-state index is 13.1. The highest BCUT2D eigenvalue weighted by Gasteiger charge is 2.40. The van der Waals surface area contributed by atoms with Crippen LogP contribution in [-0.2, 0) is 4.79 Å². The van der Waals surface area contributed by atoms with Crippen molar-refractivity contribution in [3.05, 3.63) is 36.8 Å². The van der Waals surface area contributed by atoms with Gasteiger partial charge in [0.1, 0.15) is 11.5 Å². The molecular formula is C22H26F3N5O. The number of aromatic amines is 1. The fourth-order valence-corrected chi connectivity index (χ4v) is 3.61.